The van der Waals surface area contributed by atoms with E-state index in [4.69, 9.17) is 38.3 Å². The lowest BCUT2D eigenvalue weighted by molar-refractivity contribution is 0.292. The van der Waals surface area contributed by atoms with Crippen LogP contribution in [0.25, 0.3) is 11.5 Å². The Hall–Kier alpha value is -2.75. The fraction of sp³-hybridized carbons (Fsp3) is 0.111. The predicted octanol–water partition coefficient (Wildman–Crippen LogP) is 4.22. The molecule has 0 radical (unpaired) electrons. The maximum atomic E-state index is 6.09. The zero-order valence-electron chi connectivity index (χ0n) is 14.8. The van der Waals surface area contributed by atoms with E-state index in [0.717, 1.165) is 5.56 Å². The first-order valence-electron chi connectivity index (χ1n) is 8.39. The van der Waals surface area contributed by atoms with Crippen LogP contribution in [-0.2, 0) is 12.4 Å². The summed E-state index contributed by atoms with van der Waals surface area (Å²) in [5.41, 5.74) is 0.857. The normalized spacial score (nSPS) is 11.0. The molecule has 29 heavy (non-hydrogen) atoms. The highest BCUT2D eigenvalue weighted by Crippen LogP contribution is 2.33. The number of para-hydroxylation sites is 1. The number of rotatable bonds is 7. The zero-order valence-corrected chi connectivity index (χ0v) is 17.2. The topological polar surface area (TPSA) is 105 Å². The minimum atomic E-state index is 0.0634. The molecule has 2 heterocycles. The van der Waals surface area contributed by atoms with Gasteiger partial charge in [0.25, 0.3) is 5.89 Å². The molecule has 4 aromatic rings. The molecule has 2 aromatic heterocycles. The van der Waals surface area contributed by atoms with Gasteiger partial charge in [-0.25, -0.2) is 4.68 Å². The lowest BCUT2D eigenvalue weighted by atomic mass is 10.2. The maximum absolute atomic E-state index is 6.09. The van der Waals surface area contributed by atoms with Gasteiger partial charge in [0, 0.05) is 5.56 Å². The Bertz CT molecular complexity index is 1100. The van der Waals surface area contributed by atoms with E-state index in [1.165, 1.54) is 16.4 Å². The van der Waals surface area contributed by atoms with E-state index >= 15 is 0 Å². The Balaban J connectivity index is 1.39. The quantitative estimate of drug-likeness (QED) is 0.330. The molecule has 4 rings (SSSR count). The van der Waals surface area contributed by atoms with Crippen molar-refractivity contribution >= 4 is 35.0 Å². The minimum Gasteiger partial charge on any atom is -0.482 e. The highest BCUT2D eigenvalue weighted by molar-refractivity contribution is 7.98. The molecule has 0 aliphatic rings. The lowest BCUT2D eigenvalue weighted by Crippen LogP contribution is -2.16. The lowest BCUT2D eigenvalue weighted by Gasteiger charge is -2.09. The summed E-state index contributed by atoms with van der Waals surface area (Å²) >= 11 is 13.5. The molecule has 0 fully saturated rings. The molecular formula is C18H14Cl2N6O2S. The largest absolute Gasteiger partial charge is 0.482 e. The number of thioether (sulfide) groups is 1. The third kappa shape index (κ3) is 4.47. The average Bonchev–Trinajstić information content (AvgIpc) is 3.34. The standard InChI is InChI=1S/C18H14Cl2N6O2S/c19-12-7-4-8-13(20)16(12)27-9-15-23-24-18(26(15)21)29-10-14-22-17(28-25-14)11-5-2-1-3-6-11/h1-8H,9-10,21H2. The summed E-state index contributed by atoms with van der Waals surface area (Å²) in [7, 11) is 0. The number of halogens is 2. The van der Waals surface area contributed by atoms with Crippen molar-refractivity contribution in [2.75, 3.05) is 5.84 Å². The molecule has 2 aromatic carbocycles. The fourth-order valence-electron chi connectivity index (χ4n) is 2.40. The van der Waals surface area contributed by atoms with Gasteiger partial charge in [0.05, 0.1) is 15.8 Å². The Labute approximate surface area is 179 Å². The van der Waals surface area contributed by atoms with Crippen LogP contribution in [0.5, 0.6) is 5.75 Å². The van der Waals surface area contributed by atoms with E-state index in [-0.39, 0.29) is 6.61 Å². The monoisotopic (exact) mass is 448 g/mol. The Morgan fingerprint density at radius 1 is 1.03 bits per heavy atom. The van der Waals surface area contributed by atoms with Gasteiger partial charge in [-0.05, 0) is 24.3 Å². The molecule has 0 spiro atoms. The molecule has 0 atom stereocenters. The molecule has 0 amide bonds. The second-order valence-corrected chi connectivity index (χ2v) is 7.54. The average molecular weight is 449 g/mol. The van der Waals surface area contributed by atoms with Crippen LogP contribution in [0.4, 0.5) is 0 Å². The van der Waals surface area contributed by atoms with E-state index in [1.807, 2.05) is 30.3 Å². The van der Waals surface area contributed by atoms with Crippen LogP contribution in [0.2, 0.25) is 10.0 Å². The number of aromatic nitrogens is 5. The number of nitrogen functional groups attached to an aromatic ring is 1. The molecular weight excluding hydrogens is 435 g/mol. The number of nitrogens with zero attached hydrogens (tertiary/aromatic N) is 5. The van der Waals surface area contributed by atoms with Gasteiger partial charge >= 0.3 is 0 Å². The van der Waals surface area contributed by atoms with Crippen LogP contribution in [0.15, 0.2) is 58.2 Å². The summed E-state index contributed by atoms with van der Waals surface area (Å²) in [6.45, 7) is 0.0634. The molecule has 11 heteroatoms. The van der Waals surface area contributed by atoms with Crippen LogP contribution >= 0.6 is 35.0 Å². The van der Waals surface area contributed by atoms with Crippen molar-refractivity contribution in [1.29, 1.82) is 0 Å². The van der Waals surface area contributed by atoms with E-state index in [2.05, 4.69) is 20.3 Å². The van der Waals surface area contributed by atoms with Gasteiger partial charge in [0.2, 0.25) is 5.16 Å². The molecule has 8 nitrogen and oxygen atoms in total. The van der Waals surface area contributed by atoms with Crippen molar-refractivity contribution in [3.05, 3.63) is 70.2 Å². The molecule has 0 aliphatic carbocycles. The molecule has 0 saturated heterocycles. The third-order valence-electron chi connectivity index (χ3n) is 3.82. The first kappa shape index (κ1) is 19.6. The van der Waals surface area contributed by atoms with Gasteiger partial charge in [0.15, 0.2) is 17.4 Å². The molecule has 2 N–H and O–H groups in total. The van der Waals surface area contributed by atoms with Crippen molar-refractivity contribution in [2.24, 2.45) is 0 Å². The van der Waals surface area contributed by atoms with Crippen LogP contribution in [0.1, 0.15) is 11.6 Å². The predicted molar refractivity (Wildman–Crippen MR) is 110 cm³/mol. The van der Waals surface area contributed by atoms with Gasteiger partial charge in [0.1, 0.15) is 6.61 Å². The summed E-state index contributed by atoms with van der Waals surface area (Å²) in [4.78, 5) is 4.38. The first-order valence-corrected chi connectivity index (χ1v) is 10.1. The Morgan fingerprint density at radius 2 is 1.79 bits per heavy atom. The molecule has 0 unspecified atom stereocenters. The molecule has 0 aliphatic heterocycles. The second-order valence-electron chi connectivity index (χ2n) is 5.78. The Kier molecular flexibility index (Phi) is 5.89. The van der Waals surface area contributed by atoms with Gasteiger partial charge in [-0.3, -0.25) is 0 Å². The summed E-state index contributed by atoms with van der Waals surface area (Å²) in [5, 5.41) is 13.4. The fourth-order valence-corrected chi connectivity index (χ4v) is 3.63. The number of benzene rings is 2. The number of ether oxygens (including phenoxy) is 1. The van der Waals surface area contributed by atoms with Crippen molar-refractivity contribution in [2.45, 2.75) is 17.5 Å². The second kappa shape index (κ2) is 8.73. The third-order valence-corrected chi connectivity index (χ3v) is 5.35. The summed E-state index contributed by atoms with van der Waals surface area (Å²) in [6, 6.07) is 14.6. The van der Waals surface area contributed by atoms with Crippen LogP contribution in [0.3, 0.4) is 0 Å². The van der Waals surface area contributed by atoms with Crippen LogP contribution in [-0.4, -0.2) is 25.0 Å². The highest BCUT2D eigenvalue weighted by Gasteiger charge is 2.15. The van der Waals surface area contributed by atoms with Gasteiger partial charge < -0.3 is 15.1 Å². The van der Waals surface area contributed by atoms with Crippen molar-refractivity contribution in [1.82, 2.24) is 25.0 Å². The van der Waals surface area contributed by atoms with Gasteiger partial charge in [-0.2, -0.15) is 4.98 Å². The van der Waals surface area contributed by atoms with E-state index in [1.54, 1.807) is 18.2 Å². The number of nitrogens with two attached hydrogens (primary N) is 1. The maximum Gasteiger partial charge on any atom is 0.257 e. The summed E-state index contributed by atoms with van der Waals surface area (Å²) < 4.78 is 12.3. The van der Waals surface area contributed by atoms with E-state index < -0.39 is 0 Å². The Morgan fingerprint density at radius 3 is 2.55 bits per heavy atom. The summed E-state index contributed by atoms with van der Waals surface area (Å²) in [5.74, 6) is 8.26. The SMILES string of the molecule is Nn1c(COc2c(Cl)cccc2Cl)nnc1SCc1noc(-c2ccccc2)n1. The zero-order chi connectivity index (χ0) is 20.2. The van der Waals surface area contributed by atoms with Gasteiger partial charge in [-0.1, -0.05) is 64.4 Å². The first-order chi connectivity index (χ1) is 14.1. The van der Waals surface area contributed by atoms with E-state index in [9.17, 15) is 0 Å². The highest BCUT2D eigenvalue weighted by atomic mass is 35.5. The van der Waals surface area contributed by atoms with Crippen molar-refractivity contribution in [3.8, 4) is 17.2 Å². The molecule has 148 valence electrons. The number of hydrogen-bond acceptors (Lipinski definition) is 8. The van der Waals surface area contributed by atoms with E-state index in [0.29, 0.717) is 44.2 Å². The molecule has 0 saturated carbocycles. The van der Waals surface area contributed by atoms with Crippen molar-refractivity contribution < 1.29 is 9.26 Å². The number of hydrogen-bond donors (Lipinski definition) is 1. The van der Waals surface area contributed by atoms with Crippen LogP contribution in [0, 0.1) is 0 Å². The smallest absolute Gasteiger partial charge is 0.257 e. The van der Waals surface area contributed by atoms with Crippen molar-refractivity contribution in [3.63, 3.8) is 0 Å². The summed E-state index contributed by atoms with van der Waals surface area (Å²) in [6.07, 6.45) is 0. The minimum absolute atomic E-state index is 0.0634. The van der Waals surface area contributed by atoms with Crippen LogP contribution < -0.4 is 10.6 Å². The van der Waals surface area contributed by atoms with Gasteiger partial charge in [-0.15, -0.1) is 10.2 Å². The molecule has 0 bridgehead atoms.